The van der Waals surface area contributed by atoms with Crippen molar-refractivity contribution in [3.63, 3.8) is 0 Å². The van der Waals surface area contributed by atoms with Gasteiger partial charge in [0.05, 0.1) is 13.2 Å². The topological polar surface area (TPSA) is 152 Å². The van der Waals surface area contributed by atoms with E-state index in [0.29, 0.717) is 19.3 Å². The second-order valence-electron chi connectivity index (χ2n) is 12.0. The maximum absolute atomic E-state index is 12.6. The third-order valence-electron chi connectivity index (χ3n) is 7.65. The Morgan fingerprint density at radius 2 is 1.24 bits per heavy atom. The van der Waals surface area contributed by atoms with Crippen molar-refractivity contribution < 1.29 is 49.0 Å². The predicted octanol–water partition coefficient (Wildman–Crippen LogP) is 6.26. The summed E-state index contributed by atoms with van der Waals surface area (Å²) in [6.45, 7) is 3.02. The molecule has 50 heavy (non-hydrogen) atoms. The van der Waals surface area contributed by atoms with E-state index >= 15 is 0 Å². The SMILES string of the molecule is CC/C=C/C=C/C=C/C=C/C=C/CCCC(=O)OC(COC(=O)CCCCCCC/C=C/C/C=C/CC)CO[C@H]1O[C@@H](CO)[C@@H](O)C(O)C1O. The van der Waals surface area contributed by atoms with Crippen LogP contribution in [-0.2, 0) is 28.5 Å². The highest BCUT2D eigenvalue weighted by Gasteiger charge is 2.44. The molecule has 1 rings (SSSR count). The third kappa shape index (κ3) is 22.6. The summed E-state index contributed by atoms with van der Waals surface area (Å²) in [6.07, 6.45) is 30.4. The summed E-state index contributed by atoms with van der Waals surface area (Å²) >= 11 is 0. The van der Waals surface area contributed by atoms with Gasteiger partial charge in [0.25, 0.3) is 0 Å². The Hall–Kier alpha value is -3.12. The number of unbranched alkanes of at least 4 members (excludes halogenated alkanes) is 6. The quantitative estimate of drug-likeness (QED) is 0.0334. The summed E-state index contributed by atoms with van der Waals surface area (Å²) in [5.74, 6) is -0.925. The summed E-state index contributed by atoms with van der Waals surface area (Å²) in [6, 6.07) is 0. The predicted molar refractivity (Wildman–Crippen MR) is 196 cm³/mol. The van der Waals surface area contributed by atoms with E-state index in [-0.39, 0.29) is 26.1 Å². The van der Waals surface area contributed by atoms with E-state index < -0.39 is 55.4 Å². The van der Waals surface area contributed by atoms with Crippen LogP contribution >= 0.6 is 0 Å². The number of ether oxygens (including phenoxy) is 4. The number of hydrogen-bond acceptors (Lipinski definition) is 10. The van der Waals surface area contributed by atoms with Gasteiger partial charge in [-0.25, -0.2) is 0 Å². The molecule has 0 aromatic heterocycles. The van der Waals surface area contributed by atoms with Gasteiger partial charge >= 0.3 is 11.9 Å². The fraction of sp³-hybridized carbons (Fsp3) is 0.600. The van der Waals surface area contributed by atoms with E-state index in [4.69, 9.17) is 18.9 Å². The Bertz CT molecular complexity index is 1090. The van der Waals surface area contributed by atoms with Gasteiger partial charge in [-0.1, -0.05) is 118 Å². The molecule has 1 aliphatic heterocycles. The zero-order valence-electron chi connectivity index (χ0n) is 30.1. The van der Waals surface area contributed by atoms with Crippen LogP contribution in [0.3, 0.4) is 0 Å². The lowest BCUT2D eigenvalue weighted by Crippen LogP contribution is -2.59. The van der Waals surface area contributed by atoms with E-state index in [2.05, 4.69) is 44.2 Å². The van der Waals surface area contributed by atoms with Gasteiger partial charge in [0.1, 0.15) is 31.0 Å². The average Bonchev–Trinajstić information content (AvgIpc) is 3.11. The molecule has 10 heteroatoms. The number of allylic oxidation sites excluding steroid dienone is 14. The van der Waals surface area contributed by atoms with Gasteiger partial charge in [-0.3, -0.25) is 9.59 Å². The summed E-state index contributed by atoms with van der Waals surface area (Å²) in [5.41, 5.74) is 0. The first kappa shape index (κ1) is 44.9. The minimum Gasteiger partial charge on any atom is -0.462 e. The van der Waals surface area contributed by atoms with Gasteiger partial charge in [0, 0.05) is 12.8 Å². The lowest BCUT2D eigenvalue weighted by Gasteiger charge is -2.39. The van der Waals surface area contributed by atoms with Crippen LogP contribution in [-0.4, -0.2) is 89.0 Å². The standard InChI is InChI=1S/C40H62O10/c1-3-5-7-9-11-13-15-17-19-21-23-25-27-29-36(43)49-33(32-48-40-39(46)38(45)37(44)34(30-41)50-40)31-47-35(42)28-26-24-22-20-18-16-14-12-10-8-6-4-2/h5-9,11-15,17,19,21,23,33-34,37-41,44-46H,3-4,10,16,18,20,22,24-32H2,1-2H3/b7-5+,8-6+,11-9+,14-12+,15-13+,19-17+,23-21+/t33?,34-,37+,38?,39?,40-/m0/s1. The molecular weight excluding hydrogens is 640 g/mol. The molecule has 1 heterocycles. The molecule has 0 aliphatic carbocycles. The first-order valence-corrected chi connectivity index (χ1v) is 18.2. The van der Waals surface area contributed by atoms with Crippen molar-refractivity contribution in [2.24, 2.45) is 0 Å². The summed E-state index contributed by atoms with van der Waals surface area (Å²) in [5, 5.41) is 39.8. The highest BCUT2D eigenvalue weighted by atomic mass is 16.7. The zero-order valence-corrected chi connectivity index (χ0v) is 30.1. The Morgan fingerprint density at radius 1 is 0.640 bits per heavy atom. The number of aliphatic hydroxyl groups excluding tert-OH is 4. The molecule has 10 nitrogen and oxygen atoms in total. The molecule has 0 radical (unpaired) electrons. The second kappa shape index (κ2) is 30.7. The number of aliphatic hydroxyl groups is 4. The summed E-state index contributed by atoms with van der Waals surface area (Å²) in [4.78, 5) is 25.1. The Labute approximate surface area is 299 Å². The second-order valence-corrected chi connectivity index (χ2v) is 12.0. The zero-order chi connectivity index (χ0) is 36.7. The molecule has 282 valence electrons. The van der Waals surface area contributed by atoms with Crippen molar-refractivity contribution in [1.29, 1.82) is 0 Å². The number of carbonyl (C=O) groups excluding carboxylic acids is 2. The first-order valence-electron chi connectivity index (χ1n) is 18.2. The molecule has 0 saturated carbocycles. The Balaban J connectivity index is 2.51. The smallest absolute Gasteiger partial charge is 0.306 e. The third-order valence-corrected chi connectivity index (χ3v) is 7.65. The minimum atomic E-state index is -1.61. The maximum Gasteiger partial charge on any atom is 0.306 e. The fourth-order valence-corrected chi connectivity index (χ4v) is 4.78. The van der Waals surface area contributed by atoms with Crippen molar-refractivity contribution in [3.05, 3.63) is 85.1 Å². The molecule has 4 N–H and O–H groups in total. The molecule has 0 aromatic carbocycles. The van der Waals surface area contributed by atoms with Crippen molar-refractivity contribution in [3.8, 4) is 0 Å². The minimum absolute atomic E-state index is 0.125. The van der Waals surface area contributed by atoms with Crippen molar-refractivity contribution >= 4 is 11.9 Å². The van der Waals surface area contributed by atoms with E-state index in [1.807, 2.05) is 54.7 Å². The van der Waals surface area contributed by atoms with Crippen LogP contribution in [0, 0.1) is 0 Å². The van der Waals surface area contributed by atoms with Crippen LogP contribution in [0.25, 0.3) is 0 Å². The lowest BCUT2D eigenvalue weighted by atomic mass is 9.99. The lowest BCUT2D eigenvalue weighted by molar-refractivity contribution is -0.305. The molecule has 1 fully saturated rings. The Morgan fingerprint density at radius 3 is 1.94 bits per heavy atom. The molecule has 1 aliphatic rings. The number of esters is 2. The highest BCUT2D eigenvalue weighted by molar-refractivity contribution is 5.70. The average molecular weight is 703 g/mol. The van der Waals surface area contributed by atoms with Gasteiger partial charge in [-0.2, -0.15) is 0 Å². The molecule has 1 saturated heterocycles. The normalized spacial score (nSPS) is 22.4. The molecular formula is C40H62O10. The largest absolute Gasteiger partial charge is 0.462 e. The van der Waals surface area contributed by atoms with Crippen LogP contribution in [0.2, 0.25) is 0 Å². The molecule has 3 unspecified atom stereocenters. The van der Waals surface area contributed by atoms with E-state index in [1.54, 1.807) is 0 Å². The molecule has 0 spiro atoms. The summed E-state index contributed by atoms with van der Waals surface area (Å²) < 4.78 is 21.9. The number of hydrogen-bond donors (Lipinski definition) is 4. The van der Waals surface area contributed by atoms with Crippen molar-refractivity contribution in [1.82, 2.24) is 0 Å². The van der Waals surface area contributed by atoms with E-state index in [0.717, 1.165) is 51.4 Å². The van der Waals surface area contributed by atoms with Gasteiger partial charge in [-0.05, 0) is 51.4 Å². The maximum atomic E-state index is 12.6. The molecule has 0 aromatic rings. The van der Waals surface area contributed by atoms with Gasteiger partial charge in [-0.15, -0.1) is 0 Å². The highest BCUT2D eigenvalue weighted by Crippen LogP contribution is 2.22. The van der Waals surface area contributed by atoms with E-state index in [9.17, 15) is 30.0 Å². The molecule has 6 atom stereocenters. The monoisotopic (exact) mass is 702 g/mol. The molecule has 0 amide bonds. The van der Waals surface area contributed by atoms with Crippen LogP contribution in [0.1, 0.15) is 97.3 Å². The number of rotatable bonds is 27. The van der Waals surface area contributed by atoms with Crippen LogP contribution in [0.15, 0.2) is 85.1 Å². The fourth-order valence-electron chi connectivity index (χ4n) is 4.78. The van der Waals surface area contributed by atoms with Gasteiger partial charge in [0.2, 0.25) is 0 Å². The van der Waals surface area contributed by atoms with Gasteiger partial charge in [0.15, 0.2) is 12.4 Å². The van der Waals surface area contributed by atoms with Crippen molar-refractivity contribution in [2.75, 3.05) is 19.8 Å². The van der Waals surface area contributed by atoms with Gasteiger partial charge < -0.3 is 39.4 Å². The van der Waals surface area contributed by atoms with E-state index in [1.165, 1.54) is 0 Å². The van der Waals surface area contributed by atoms with Crippen LogP contribution in [0.5, 0.6) is 0 Å². The van der Waals surface area contributed by atoms with Crippen LogP contribution < -0.4 is 0 Å². The molecule has 0 bridgehead atoms. The Kier molecular flexibility index (Phi) is 27.6. The summed E-state index contributed by atoms with van der Waals surface area (Å²) in [7, 11) is 0. The van der Waals surface area contributed by atoms with Crippen LogP contribution in [0.4, 0.5) is 0 Å². The van der Waals surface area contributed by atoms with Crippen molar-refractivity contribution in [2.45, 2.75) is 134 Å². The number of carbonyl (C=O) groups is 2. The first-order chi connectivity index (χ1) is 24.3.